The van der Waals surface area contributed by atoms with Crippen LogP contribution in [0.3, 0.4) is 0 Å². The van der Waals surface area contributed by atoms with Gasteiger partial charge in [-0.15, -0.1) is 0 Å². The Balaban J connectivity index is 0.000000140. The third-order valence-corrected chi connectivity index (χ3v) is 19.8. The van der Waals surface area contributed by atoms with Crippen molar-refractivity contribution < 1.29 is 13.0 Å². The second kappa shape index (κ2) is 28.3. The molecule has 516 valence electrons. The van der Waals surface area contributed by atoms with E-state index in [1.54, 1.807) is 90.8 Å². The molecule has 0 spiro atoms. The van der Waals surface area contributed by atoms with Gasteiger partial charge in [-0.3, -0.25) is 28.4 Å². The molecule has 104 heavy (non-hydrogen) atoms. The fourth-order valence-corrected chi connectivity index (χ4v) is 13.9. The second-order valence-electron chi connectivity index (χ2n) is 26.0. The Hall–Kier alpha value is -12.8. The third-order valence-electron chi connectivity index (χ3n) is 18.2. The quantitative estimate of drug-likeness (QED) is 0.0623. The van der Waals surface area contributed by atoms with Crippen LogP contribution in [0.5, 0.6) is 0 Å². The number of benzene rings is 9. The van der Waals surface area contributed by atoms with E-state index in [1.807, 2.05) is 161 Å². The van der Waals surface area contributed by atoms with Gasteiger partial charge >= 0.3 is 0 Å². The SMILES string of the molecule is [C-]#[N+]c1c(-c2c(-c3ccc4c(=O)[nH]nc(C(NS(=O)C(C)(C)C)C(F)F)c4c3)cnn2C)ccc2ccccc12.[C-]#[N+]c1c(-c2c(-c3ccc4c(=O)[nH]nc([C@@H](C)N)c4c3)cnn2C)ccc2ccccc12.[C-]#[N+]c1c(-c2c(-c3ccc4c(=O)[nH]nc([C@H](C)N)c4c3)cnn2C)ccc2ccccc12. The summed E-state index contributed by atoms with van der Waals surface area (Å²) in [5.74, 6) is 0. The van der Waals surface area contributed by atoms with Crippen LogP contribution < -0.4 is 32.9 Å². The summed E-state index contributed by atoms with van der Waals surface area (Å²) in [6.07, 6.45) is 2.25. The lowest BCUT2D eigenvalue weighted by atomic mass is 9.95. The Bertz CT molecular complexity index is 6060. The van der Waals surface area contributed by atoms with E-state index >= 15 is 0 Å². The summed E-state index contributed by atoms with van der Waals surface area (Å²) >= 11 is 0. The number of fused-ring (bicyclic) bond motifs is 6. The minimum absolute atomic E-state index is 0.123. The molecule has 0 aliphatic heterocycles. The maximum Gasteiger partial charge on any atom is 0.272 e. The van der Waals surface area contributed by atoms with Crippen molar-refractivity contribution in [3.8, 4) is 67.2 Å². The zero-order valence-electron chi connectivity index (χ0n) is 57.4. The molecule has 0 amide bonds. The molecule has 15 aromatic rings. The van der Waals surface area contributed by atoms with E-state index in [4.69, 9.17) is 31.2 Å². The molecule has 6 heterocycles. The monoisotopic (exact) mass is 1400 g/mol. The van der Waals surface area contributed by atoms with Crippen molar-refractivity contribution in [1.82, 2.24) is 64.7 Å². The molecular weight excluding hydrogens is 1340 g/mol. The van der Waals surface area contributed by atoms with Gasteiger partial charge in [-0.05, 0) is 120 Å². The number of aryl methyl sites for hydroxylation is 3. The molecule has 0 fully saturated rings. The van der Waals surface area contributed by atoms with Gasteiger partial charge in [-0.1, -0.05) is 127 Å². The topological polar surface area (TPSA) is 285 Å². The summed E-state index contributed by atoms with van der Waals surface area (Å²) < 4.78 is 48.3. The zero-order chi connectivity index (χ0) is 73.6. The predicted octanol–water partition coefficient (Wildman–Crippen LogP) is 15.5. The highest BCUT2D eigenvalue weighted by Gasteiger charge is 2.33. The van der Waals surface area contributed by atoms with Crippen LogP contribution in [0, 0.1) is 19.7 Å². The Kier molecular flexibility index (Phi) is 19.0. The number of hydrogen-bond donors (Lipinski definition) is 6. The Labute approximate surface area is 595 Å². The summed E-state index contributed by atoms with van der Waals surface area (Å²) in [6, 6.07) is 48.8. The number of nitrogens with one attached hydrogen (secondary N) is 4. The van der Waals surface area contributed by atoms with Crippen molar-refractivity contribution in [1.29, 1.82) is 0 Å². The van der Waals surface area contributed by atoms with Crippen LogP contribution >= 0.6 is 0 Å². The number of rotatable bonds is 12. The highest BCUT2D eigenvalue weighted by atomic mass is 32.2. The molecular formula is C79H66F2N18O4S. The van der Waals surface area contributed by atoms with Gasteiger partial charge in [0, 0.05) is 82.8 Å². The van der Waals surface area contributed by atoms with Gasteiger partial charge in [-0.2, -0.15) is 30.6 Å². The van der Waals surface area contributed by atoms with Crippen LogP contribution in [0.4, 0.5) is 25.8 Å². The summed E-state index contributed by atoms with van der Waals surface area (Å²) in [6.45, 7) is 32.3. The average molecular weight is 1400 g/mol. The normalized spacial score (nSPS) is 12.7. The van der Waals surface area contributed by atoms with Gasteiger partial charge in [0.2, 0.25) is 17.1 Å². The third kappa shape index (κ3) is 12.9. The largest absolute Gasteiger partial charge is 0.323 e. The maximum absolute atomic E-state index is 14.3. The Morgan fingerprint density at radius 2 is 0.750 bits per heavy atom. The molecule has 0 saturated heterocycles. The summed E-state index contributed by atoms with van der Waals surface area (Å²) in [7, 11) is 3.67. The molecule has 0 radical (unpaired) electrons. The van der Waals surface area contributed by atoms with Gasteiger partial charge in [-0.25, -0.2) is 47.5 Å². The number of halogens is 2. The molecule has 0 aliphatic carbocycles. The van der Waals surface area contributed by atoms with E-state index in [0.717, 1.165) is 77.1 Å². The van der Waals surface area contributed by atoms with Crippen LogP contribution in [-0.4, -0.2) is 75.3 Å². The van der Waals surface area contributed by atoms with Crippen LogP contribution in [-0.2, 0) is 32.1 Å². The molecule has 0 saturated carbocycles. The number of hydrogen-bond acceptors (Lipinski definition) is 12. The first-order valence-corrected chi connectivity index (χ1v) is 33.9. The Morgan fingerprint density at radius 1 is 0.442 bits per heavy atom. The first-order chi connectivity index (χ1) is 50.0. The van der Waals surface area contributed by atoms with Crippen molar-refractivity contribution in [2.45, 2.75) is 63.9 Å². The first-order valence-electron chi connectivity index (χ1n) is 32.8. The lowest BCUT2D eigenvalue weighted by molar-refractivity contribution is 0.108. The maximum atomic E-state index is 14.3. The van der Waals surface area contributed by atoms with Crippen molar-refractivity contribution in [3.05, 3.63) is 265 Å². The molecule has 15 rings (SSSR count). The van der Waals surface area contributed by atoms with Crippen molar-refractivity contribution in [3.63, 3.8) is 0 Å². The minimum Gasteiger partial charge on any atom is -0.323 e. The lowest BCUT2D eigenvalue weighted by Gasteiger charge is -2.24. The smallest absolute Gasteiger partial charge is 0.272 e. The highest BCUT2D eigenvalue weighted by molar-refractivity contribution is 7.84. The second-order valence-corrected chi connectivity index (χ2v) is 28.0. The number of nitrogens with zero attached hydrogens (tertiary/aromatic N) is 12. The lowest BCUT2D eigenvalue weighted by Crippen LogP contribution is -2.39. The van der Waals surface area contributed by atoms with Gasteiger partial charge in [0.05, 0.1) is 104 Å². The number of aromatic amines is 3. The van der Waals surface area contributed by atoms with Crippen LogP contribution in [0.15, 0.2) is 197 Å². The number of alkyl halides is 2. The summed E-state index contributed by atoms with van der Waals surface area (Å²) in [5.41, 5.74) is 23.3. The molecule has 22 nitrogen and oxygen atoms in total. The van der Waals surface area contributed by atoms with E-state index in [2.05, 4.69) is 65.1 Å². The van der Waals surface area contributed by atoms with E-state index < -0.39 is 33.8 Å². The first kappa shape index (κ1) is 69.6. The Morgan fingerprint density at radius 3 is 1.05 bits per heavy atom. The van der Waals surface area contributed by atoms with Crippen LogP contribution in [0.2, 0.25) is 0 Å². The van der Waals surface area contributed by atoms with Crippen molar-refractivity contribution >= 4 is 92.7 Å². The molecule has 9 aromatic carbocycles. The molecule has 25 heteroatoms. The number of H-pyrrole nitrogens is 3. The highest BCUT2D eigenvalue weighted by Crippen LogP contribution is 2.46. The van der Waals surface area contributed by atoms with E-state index in [9.17, 15) is 27.4 Å². The molecule has 0 bridgehead atoms. The molecule has 6 aromatic heterocycles. The number of aromatic nitrogens is 12. The van der Waals surface area contributed by atoms with Crippen LogP contribution in [0.1, 0.15) is 69.8 Å². The summed E-state index contributed by atoms with van der Waals surface area (Å²) in [4.78, 5) is 48.8. The standard InChI is InChI=1S/C29H26F2N6O2S.2C25H20N6O/c1-29(2,3)40(39)36-25(27(30)31)24-21-14-17(11-12-19(21)28(38)35-34-24)22-15-33-37(5)26(22)20-13-10-16-8-6-7-9-18(16)23(20)32-4;2*1-14(26)22-20-12-16(9-10-18(20)25(32)30-29-22)21-13-28-31(3)24(21)19-11-8-15-6-4-5-7-17(15)23(19)27-2/h6-15,25,27,36H,1-3,5H3,(H,35,38);2*4-14H,26H2,1,3H3,(H,30,32)/t;2*14-/m.10/s1. The molecule has 4 atom stereocenters. The van der Waals surface area contributed by atoms with E-state index in [-0.39, 0.29) is 39.7 Å². The summed E-state index contributed by atoms with van der Waals surface area (Å²) in [5, 5.41) is 41.5. The van der Waals surface area contributed by atoms with Crippen molar-refractivity contribution in [2.75, 3.05) is 0 Å². The minimum atomic E-state index is -2.95. The van der Waals surface area contributed by atoms with Gasteiger partial charge in [0.15, 0.2) is 0 Å². The van der Waals surface area contributed by atoms with Crippen LogP contribution in [0.25, 0.3) is 146 Å². The predicted molar refractivity (Wildman–Crippen MR) is 406 cm³/mol. The van der Waals surface area contributed by atoms with Gasteiger partial charge in [0.1, 0.15) is 6.04 Å². The fraction of sp³-hybridized carbons (Fsp3) is 0.165. The fourth-order valence-electron chi connectivity index (χ4n) is 13.1. The van der Waals surface area contributed by atoms with Crippen molar-refractivity contribution in [2.24, 2.45) is 32.6 Å². The van der Waals surface area contributed by atoms with Gasteiger partial charge in [0.25, 0.3) is 23.1 Å². The van der Waals surface area contributed by atoms with Gasteiger partial charge < -0.3 is 11.5 Å². The van der Waals surface area contributed by atoms with E-state index in [1.165, 1.54) is 0 Å². The molecule has 8 N–H and O–H groups in total. The molecule has 2 unspecified atom stereocenters. The zero-order valence-corrected chi connectivity index (χ0v) is 58.3. The van der Waals surface area contributed by atoms with E-state index in [0.29, 0.717) is 72.4 Å². The number of nitrogens with two attached hydrogens (primary N) is 2. The molecule has 0 aliphatic rings. The average Bonchev–Trinajstić information content (AvgIpc) is 1.48.